The van der Waals surface area contributed by atoms with Crippen LogP contribution in [0.3, 0.4) is 0 Å². The van der Waals surface area contributed by atoms with Crippen molar-refractivity contribution in [1.82, 2.24) is 50.3 Å². The number of rotatable bonds is 0. The summed E-state index contributed by atoms with van der Waals surface area (Å²) in [6, 6.07) is 1.95. The van der Waals surface area contributed by atoms with Gasteiger partial charge in [0.15, 0.2) is 0 Å². The fraction of sp³-hybridized carbons (Fsp3) is 0.500. The Labute approximate surface area is 306 Å². The first-order valence-electron chi connectivity index (χ1n) is 17.7. The first-order valence-corrected chi connectivity index (χ1v) is 17.7. The molecule has 5 rings (SSSR count). The molecule has 5 aromatic rings. The van der Waals surface area contributed by atoms with Crippen LogP contribution in [0.2, 0.25) is 0 Å². The van der Waals surface area contributed by atoms with Gasteiger partial charge in [-0.05, 0) is 103 Å². The minimum absolute atomic E-state index is 1.01. The Kier molecular flexibility index (Phi) is 44.5. The van der Waals surface area contributed by atoms with Crippen molar-refractivity contribution in [2.24, 2.45) is 0 Å². The molecule has 0 aromatic carbocycles. The lowest BCUT2D eigenvalue weighted by Gasteiger charge is -1.91. The summed E-state index contributed by atoms with van der Waals surface area (Å²) in [5, 5.41) is 14.9. The summed E-state index contributed by atoms with van der Waals surface area (Å²) in [6.07, 6.45) is 15.3. The first-order chi connectivity index (χ1) is 24.0. The lowest BCUT2D eigenvalue weighted by Crippen LogP contribution is -1.87. The second kappa shape index (κ2) is 40.6. The summed E-state index contributed by atoms with van der Waals surface area (Å²) < 4.78 is 0. The quantitative estimate of drug-likeness (QED) is 0.155. The van der Waals surface area contributed by atoms with Crippen molar-refractivity contribution < 1.29 is 0 Å². The minimum atomic E-state index is 1.01. The Hall–Kier alpha value is -4.60. The van der Waals surface area contributed by atoms with Crippen molar-refractivity contribution in [1.29, 1.82) is 0 Å². The third-order valence-corrected chi connectivity index (χ3v) is 5.80. The van der Waals surface area contributed by atoms with E-state index in [-0.39, 0.29) is 0 Å². The molecule has 0 radical (unpaired) electrons. The third kappa shape index (κ3) is 30.7. The van der Waals surface area contributed by atoms with Crippen LogP contribution in [0.4, 0.5) is 0 Å². The number of nitrogens with zero attached hydrogens (tertiary/aromatic N) is 10. The summed E-state index contributed by atoms with van der Waals surface area (Å²) in [6.45, 7) is 39.8. The van der Waals surface area contributed by atoms with Crippen LogP contribution in [-0.2, 0) is 0 Å². The van der Waals surface area contributed by atoms with Crippen molar-refractivity contribution in [3.8, 4) is 0 Å². The van der Waals surface area contributed by atoms with Gasteiger partial charge in [-0.25, -0.2) is 19.9 Å². The van der Waals surface area contributed by atoms with Gasteiger partial charge in [0, 0.05) is 42.4 Å². The number of aromatic nitrogens is 10. The lowest BCUT2D eigenvalue weighted by molar-refractivity contribution is 0.961. The maximum atomic E-state index is 4.02. The van der Waals surface area contributed by atoms with Gasteiger partial charge in [-0.3, -0.25) is 9.97 Å². The topological polar surface area (TPSA) is 129 Å². The van der Waals surface area contributed by atoms with Crippen LogP contribution in [-0.4, -0.2) is 50.3 Å². The molecule has 0 atom stereocenters. The smallest absolute Gasteiger partial charge is 0.115 e. The Bertz CT molecular complexity index is 1070. The second-order valence-corrected chi connectivity index (χ2v) is 8.96. The average Bonchev–Trinajstić information content (AvgIpc) is 3.16. The summed E-state index contributed by atoms with van der Waals surface area (Å²) in [4.78, 5) is 23.6. The van der Waals surface area contributed by atoms with Crippen LogP contribution in [0.25, 0.3) is 0 Å². The average molecular weight is 691 g/mol. The van der Waals surface area contributed by atoms with Crippen LogP contribution in [0.15, 0.2) is 62.1 Å². The van der Waals surface area contributed by atoms with E-state index < -0.39 is 0 Å². The van der Waals surface area contributed by atoms with Crippen molar-refractivity contribution in [2.75, 3.05) is 0 Å². The van der Waals surface area contributed by atoms with Crippen LogP contribution in [0.1, 0.15) is 126 Å². The Morgan fingerprint density at radius 2 is 0.680 bits per heavy atom. The molecule has 0 unspecified atom stereocenters. The molecule has 5 aromatic heterocycles. The van der Waals surface area contributed by atoms with Crippen molar-refractivity contribution in [2.45, 2.75) is 138 Å². The second-order valence-electron chi connectivity index (χ2n) is 8.96. The molecular weight excluding hydrogens is 621 g/mol. The van der Waals surface area contributed by atoms with Gasteiger partial charge in [0.05, 0.1) is 29.5 Å². The van der Waals surface area contributed by atoms with Crippen LogP contribution in [0.5, 0.6) is 0 Å². The predicted molar refractivity (Wildman–Crippen MR) is 214 cm³/mol. The van der Waals surface area contributed by atoms with Gasteiger partial charge in [0.25, 0.3) is 0 Å². The monoisotopic (exact) mass is 691 g/mol. The highest BCUT2D eigenvalue weighted by molar-refractivity contribution is 5.15. The van der Waals surface area contributed by atoms with Gasteiger partial charge in [0.2, 0.25) is 0 Å². The summed E-state index contributed by atoms with van der Waals surface area (Å²) in [7, 11) is 0. The molecule has 0 aliphatic heterocycles. The zero-order valence-electron chi connectivity index (χ0n) is 35.2. The van der Waals surface area contributed by atoms with Crippen LogP contribution >= 0.6 is 0 Å². The number of aryl methyl sites for hydroxylation is 10. The van der Waals surface area contributed by atoms with E-state index in [1.165, 1.54) is 16.7 Å². The Morgan fingerprint density at radius 1 is 0.320 bits per heavy atom. The van der Waals surface area contributed by atoms with E-state index in [0.29, 0.717) is 0 Å². The standard InChI is InChI=1S/5C6H8N2.5C2H6/c2*1-5-3-7-4-8-6(5)2;1-5-3-7-8-4-6(5)2;1-5-6(2)8-4-3-7-5;1-5-3-4-7-8-6(5)2;5*1-2/h5*3-4H,1-2H3;5*1-2H3. The molecule has 280 valence electrons. The highest BCUT2D eigenvalue weighted by Crippen LogP contribution is 1.99. The molecule has 0 spiro atoms. The highest BCUT2D eigenvalue weighted by Gasteiger charge is 1.89. The van der Waals surface area contributed by atoms with E-state index in [4.69, 9.17) is 0 Å². The Morgan fingerprint density at radius 3 is 0.880 bits per heavy atom. The van der Waals surface area contributed by atoms with Gasteiger partial charge in [-0.1, -0.05) is 69.2 Å². The highest BCUT2D eigenvalue weighted by atomic mass is 15.1. The molecule has 0 aliphatic rings. The largest absolute Gasteiger partial charge is 0.258 e. The molecule has 10 nitrogen and oxygen atoms in total. The maximum absolute atomic E-state index is 4.02. The molecule has 0 saturated heterocycles. The number of hydrogen-bond acceptors (Lipinski definition) is 10. The molecule has 0 bridgehead atoms. The summed E-state index contributed by atoms with van der Waals surface area (Å²) in [5.74, 6) is 0. The zero-order valence-corrected chi connectivity index (χ0v) is 35.2. The van der Waals surface area contributed by atoms with E-state index in [2.05, 4.69) is 50.3 Å². The van der Waals surface area contributed by atoms with E-state index >= 15 is 0 Å². The fourth-order valence-electron chi connectivity index (χ4n) is 2.31. The molecule has 0 saturated carbocycles. The molecule has 0 amide bonds. The van der Waals surface area contributed by atoms with Crippen molar-refractivity contribution in [3.63, 3.8) is 0 Å². The van der Waals surface area contributed by atoms with E-state index in [0.717, 1.165) is 39.6 Å². The SMILES string of the molecule is CC.CC.CC.CC.CC.Cc1ccnnc1C.Cc1cncnc1C.Cc1cncnc1C.Cc1cnncc1C.Cc1nccnc1C. The third-order valence-electron chi connectivity index (χ3n) is 5.80. The van der Waals surface area contributed by atoms with Gasteiger partial charge < -0.3 is 0 Å². The number of hydrogen-bond donors (Lipinski definition) is 0. The normalized spacial score (nSPS) is 8.00. The Balaban J connectivity index is -0.000000158. The van der Waals surface area contributed by atoms with E-state index in [1.807, 2.05) is 157 Å². The van der Waals surface area contributed by atoms with Gasteiger partial charge in [-0.15, -0.1) is 0 Å². The van der Waals surface area contributed by atoms with E-state index in [1.54, 1.807) is 43.6 Å². The summed E-state index contributed by atoms with van der Waals surface area (Å²) in [5.41, 5.74) is 11.0. The molecule has 50 heavy (non-hydrogen) atoms. The van der Waals surface area contributed by atoms with Crippen molar-refractivity contribution in [3.05, 3.63) is 118 Å². The predicted octanol–water partition coefficient (Wildman–Crippen LogP) is 10.6. The van der Waals surface area contributed by atoms with E-state index in [9.17, 15) is 0 Å². The molecule has 0 N–H and O–H groups in total. The molecule has 0 fully saturated rings. The van der Waals surface area contributed by atoms with Gasteiger partial charge in [-0.2, -0.15) is 20.4 Å². The molecule has 0 aliphatic carbocycles. The zero-order chi connectivity index (χ0) is 39.9. The summed E-state index contributed by atoms with van der Waals surface area (Å²) >= 11 is 0. The van der Waals surface area contributed by atoms with Gasteiger partial charge in [0.1, 0.15) is 12.7 Å². The molecule has 5 heterocycles. The molecule has 10 heteroatoms. The first kappa shape index (κ1) is 54.8. The van der Waals surface area contributed by atoms with Crippen molar-refractivity contribution >= 4 is 0 Å². The van der Waals surface area contributed by atoms with Gasteiger partial charge >= 0.3 is 0 Å². The maximum Gasteiger partial charge on any atom is 0.115 e. The van der Waals surface area contributed by atoms with Crippen LogP contribution < -0.4 is 0 Å². The lowest BCUT2D eigenvalue weighted by atomic mass is 10.2. The fourth-order valence-corrected chi connectivity index (χ4v) is 2.31. The molecular formula is C40H70N10. The van der Waals surface area contributed by atoms with Crippen LogP contribution in [0, 0.1) is 69.2 Å². The minimum Gasteiger partial charge on any atom is -0.258 e.